The average molecular weight is 304 g/mol. The van der Waals surface area contributed by atoms with Crippen LogP contribution in [-0.2, 0) is 4.74 Å². The number of ketones is 1. The summed E-state index contributed by atoms with van der Waals surface area (Å²) in [5.74, 6) is -0.378. The number of nitrogens with zero attached hydrogens (tertiary/aromatic N) is 2. The maximum atomic E-state index is 12.0. The molecule has 1 heterocycles. The largest absolute Gasteiger partial charge is 0.453 e. The van der Waals surface area contributed by atoms with Gasteiger partial charge in [-0.25, -0.2) is 4.79 Å². The van der Waals surface area contributed by atoms with Gasteiger partial charge in [0.2, 0.25) is 0 Å². The van der Waals surface area contributed by atoms with Gasteiger partial charge < -0.3 is 4.74 Å². The zero-order valence-corrected chi connectivity index (χ0v) is 12.9. The molecule has 0 fully saturated rings. The van der Waals surface area contributed by atoms with Crippen LogP contribution in [0.3, 0.4) is 0 Å². The van der Waals surface area contributed by atoms with E-state index in [1.165, 1.54) is 0 Å². The smallest absolute Gasteiger partial charge is 0.352 e. The Morgan fingerprint density at radius 2 is 1.90 bits per heavy atom. The van der Waals surface area contributed by atoms with Crippen molar-refractivity contribution in [1.29, 1.82) is 0 Å². The number of aromatic nitrogens is 2. The molecule has 5 nitrogen and oxygen atoms in total. The summed E-state index contributed by atoms with van der Waals surface area (Å²) in [5, 5.41) is 3.73. The fourth-order valence-electron chi connectivity index (χ4n) is 1.75. The van der Waals surface area contributed by atoms with Crippen LogP contribution in [0.1, 0.15) is 51.1 Å². The Morgan fingerprint density at radius 3 is 2.43 bits per heavy atom. The van der Waals surface area contributed by atoms with Gasteiger partial charge in [-0.3, -0.25) is 4.79 Å². The van der Waals surface area contributed by atoms with E-state index in [1.807, 2.05) is 12.1 Å². The first-order chi connectivity index (χ1) is 9.99. The molecule has 0 radical (unpaired) electrons. The highest BCUT2D eigenvalue weighted by Crippen LogP contribution is 2.15. The van der Waals surface area contributed by atoms with Crippen molar-refractivity contribution in [3.05, 3.63) is 46.0 Å². The van der Waals surface area contributed by atoms with Crippen molar-refractivity contribution in [2.75, 3.05) is 6.61 Å². The predicted molar refractivity (Wildman–Crippen MR) is 79.8 cm³/mol. The van der Waals surface area contributed by atoms with Crippen molar-refractivity contribution in [3.8, 4) is 0 Å². The molecule has 6 heteroatoms. The van der Waals surface area contributed by atoms with E-state index in [-0.39, 0.29) is 12.4 Å². The quantitative estimate of drug-likeness (QED) is 0.627. The molecular formula is C15H16N2O3S. The Labute approximate surface area is 127 Å². The lowest BCUT2D eigenvalue weighted by molar-refractivity contribution is 0.0478. The summed E-state index contributed by atoms with van der Waals surface area (Å²) >= 11 is 0.963. The zero-order valence-electron chi connectivity index (χ0n) is 12.1. The van der Waals surface area contributed by atoms with E-state index < -0.39 is 5.97 Å². The summed E-state index contributed by atoms with van der Waals surface area (Å²) in [6, 6.07) is 7.34. The van der Waals surface area contributed by atoms with E-state index >= 15 is 0 Å². The SMILES string of the molecule is Cc1nnsc1C(=O)OCC(=O)c1ccc(C(C)C)cc1. The molecule has 1 aromatic heterocycles. The lowest BCUT2D eigenvalue weighted by Gasteiger charge is -2.07. The minimum Gasteiger partial charge on any atom is -0.453 e. The first-order valence-electron chi connectivity index (χ1n) is 6.58. The summed E-state index contributed by atoms with van der Waals surface area (Å²) < 4.78 is 8.66. The Kier molecular flexibility index (Phi) is 4.80. The Bertz CT molecular complexity index is 647. The maximum Gasteiger partial charge on any atom is 0.352 e. The minimum atomic E-state index is -0.561. The monoisotopic (exact) mass is 304 g/mol. The van der Waals surface area contributed by atoms with E-state index in [9.17, 15) is 9.59 Å². The number of carbonyl (C=O) groups excluding carboxylic acids is 2. The molecule has 0 saturated heterocycles. The molecule has 0 aliphatic carbocycles. The Morgan fingerprint density at radius 1 is 1.24 bits per heavy atom. The van der Waals surface area contributed by atoms with Gasteiger partial charge in [-0.05, 0) is 29.9 Å². The third-order valence-corrected chi connectivity index (χ3v) is 3.88. The van der Waals surface area contributed by atoms with Crippen molar-refractivity contribution >= 4 is 23.3 Å². The number of hydrogen-bond donors (Lipinski definition) is 0. The van der Waals surface area contributed by atoms with Gasteiger partial charge in [0.25, 0.3) is 0 Å². The van der Waals surface area contributed by atoms with Crippen molar-refractivity contribution in [2.24, 2.45) is 0 Å². The van der Waals surface area contributed by atoms with E-state index in [4.69, 9.17) is 4.74 Å². The average Bonchev–Trinajstić information content (AvgIpc) is 2.90. The van der Waals surface area contributed by atoms with Gasteiger partial charge in [0.1, 0.15) is 0 Å². The highest BCUT2D eigenvalue weighted by atomic mass is 32.1. The van der Waals surface area contributed by atoms with Crippen LogP contribution < -0.4 is 0 Å². The van der Waals surface area contributed by atoms with Gasteiger partial charge in [0.15, 0.2) is 17.3 Å². The molecule has 0 amide bonds. The molecule has 0 aliphatic heterocycles. The molecule has 21 heavy (non-hydrogen) atoms. The van der Waals surface area contributed by atoms with Crippen LogP contribution >= 0.6 is 11.5 Å². The Balaban J connectivity index is 1.96. The summed E-state index contributed by atoms with van der Waals surface area (Å²) in [6.45, 7) is 5.57. The highest BCUT2D eigenvalue weighted by Gasteiger charge is 2.16. The molecule has 0 N–H and O–H groups in total. The molecule has 0 saturated carbocycles. The number of Topliss-reactive ketones (excluding diaryl/α,β-unsaturated/α-hetero) is 1. The first-order valence-corrected chi connectivity index (χ1v) is 7.35. The second kappa shape index (κ2) is 6.58. The van der Waals surface area contributed by atoms with Crippen LogP contribution in [0.5, 0.6) is 0 Å². The molecule has 0 spiro atoms. The summed E-state index contributed by atoms with van der Waals surface area (Å²) in [6.07, 6.45) is 0. The molecule has 1 aromatic carbocycles. The van der Waals surface area contributed by atoms with Crippen molar-refractivity contribution in [1.82, 2.24) is 9.59 Å². The molecule has 0 aliphatic rings. The van der Waals surface area contributed by atoms with Gasteiger partial charge in [0, 0.05) is 5.56 Å². The number of benzene rings is 1. The maximum absolute atomic E-state index is 12.0. The van der Waals surface area contributed by atoms with E-state index in [0.29, 0.717) is 22.1 Å². The van der Waals surface area contributed by atoms with Gasteiger partial charge in [-0.1, -0.05) is 42.6 Å². The van der Waals surface area contributed by atoms with E-state index in [1.54, 1.807) is 19.1 Å². The molecule has 110 valence electrons. The Hall–Kier alpha value is -2.08. The van der Waals surface area contributed by atoms with Gasteiger partial charge in [-0.15, -0.1) is 5.10 Å². The summed E-state index contributed by atoms with van der Waals surface area (Å²) in [4.78, 5) is 24.1. The molecule has 0 unspecified atom stereocenters. The number of esters is 1. The number of aryl methyl sites for hydroxylation is 1. The lowest BCUT2D eigenvalue weighted by atomic mass is 10.0. The van der Waals surface area contributed by atoms with Crippen LogP contribution in [0.15, 0.2) is 24.3 Å². The lowest BCUT2D eigenvalue weighted by Crippen LogP contribution is -2.14. The predicted octanol–water partition coefficient (Wildman–Crippen LogP) is 3.01. The summed E-state index contributed by atoms with van der Waals surface area (Å²) in [5.41, 5.74) is 2.21. The number of rotatable bonds is 5. The van der Waals surface area contributed by atoms with Crippen molar-refractivity contribution < 1.29 is 14.3 Å². The van der Waals surface area contributed by atoms with E-state index in [0.717, 1.165) is 17.1 Å². The number of ether oxygens (including phenoxy) is 1. The standard InChI is InChI=1S/C15H16N2O3S/c1-9(2)11-4-6-12(7-5-11)13(18)8-20-15(19)14-10(3)16-17-21-14/h4-7,9H,8H2,1-3H3. The second-order valence-corrected chi connectivity index (χ2v) is 5.72. The fraction of sp³-hybridized carbons (Fsp3) is 0.333. The molecule has 0 atom stereocenters. The zero-order chi connectivity index (χ0) is 15.4. The van der Waals surface area contributed by atoms with Crippen LogP contribution in [0.2, 0.25) is 0 Å². The fourth-order valence-corrected chi connectivity index (χ4v) is 2.30. The van der Waals surface area contributed by atoms with Crippen molar-refractivity contribution in [2.45, 2.75) is 26.7 Å². The van der Waals surface area contributed by atoms with Crippen LogP contribution in [0.25, 0.3) is 0 Å². The van der Waals surface area contributed by atoms with Gasteiger partial charge in [-0.2, -0.15) is 0 Å². The van der Waals surface area contributed by atoms with Crippen LogP contribution in [-0.4, -0.2) is 27.9 Å². The highest BCUT2D eigenvalue weighted by molar-refractivity contribution is 7.07. The third-order valence-electron chi connectivity index (χ3n) is 3.07. The molecule has 2 aromatic rings. The first kappa shape index (κ1) is 15.3. The normalized spacial score (nSPS) is 10.7. The molecule has 0 bridgehead atoms. The van der Waals surface area contributed by atoms with E-state index in [2.05, 4.69) is 23.4 Å². The van der Waals surface area contributed by atoms with Crippen LogP contribution in [0, 0.1) is 6.92 Å². The molecular weight excluding hydrogens is 288 g/mol. The summed E-state index contributed by atoms with van der Waals surface area (Å²) in [7, 11) is 0. The second-order valence-electron chi connectivity index (χ2n) is 4.96. The number of hydrogen-bond acceptors (Lipinski definition) is 6. The topological polar surface area (TPSA) is 69.2 Å². The van der Waals surface area contributed by atoms with Crippen LogP contribution in [0.4, 0.5) is 0 Å². The van der Waals surface area contributed by atoms with Gasteiger partial charge in [0.05, 0.1) is 5.69 Å². The molecule has 2 rings (SSSR count). The minimum absolute atomic E-state index is 0.228. The van der Waals surface area contributed by atoms with Crippen molar-refractivity contribution in [3.63, 3.8) is 0 Å². The van der Waals surface area contributed by atoms with Gasteiger partial charge >= 0.3 is 5.97 Å². The number of carbonyl (C=O) groups is 2. The third kappa shape index (κ3) is 3.72.